The number of hydrogen-bond donors (Lipinski definition) is 1. The molecular formula is C12H17NO3. The Morgan fingerprint density at radius 3 is 2.62 bits per heavy atom. The molecule has 0 aliphatic heterocycles. The first-order chi connectivity index (χ1) is 7.54. The van der Waals surface area contributed by atoms with Gasteiger partial charge in [0, 0.05) is 6.20 Å². The minimum absolute atomic E-state index is 0.392. The van der Waals surface area contributed by atoms with Crippen molar-refractivity contribution in [3.8, 4) is 0 Å². The van der Waals surface area contributed by atoms with E-state index in [-0.39, 0.29) is 0 Å². The molecule has 1 aromatic rings. The van der Waals surface area contributed by atoms with E-state index in [4.69, 9.17) is 0 Å². The summed E-state index contributed by atoms with van der Waals surface area (Å²) in [5.74, 6) is -0.0190. The van der Waals surface area contributed by atoms with Gasteiger partial charge in [0.2, 0.25) is 0 Å². The molecule has 1 N–H and O–H groups in total. The summed E-state index contributed by atoms with van der Waals surface area (Å²) in [6, 6.07) is 3.26. The lowest BCUT2D eigenvalue weighted by Gasteiger charge is -2.12. The van der Waals surface area contributed by atoms with Crippen LogP contribution in [0.4, 0.5) is 0 Å². The molecule has 0 radical (unpaired) electrons. The van der Waals surface area contributed by atoms with Gasteiger partial charge in [-0.25, -0.2) is 4.79 Å². The van der Waals surface area contributed by atoms with Crippen molar-refractivity contribution >= 4 is 5.97 Å². The number of hydrogen-bond acceptors (Lipinski definition) is 4. The molecule has 0 bridgehead atoms. The van der Waals surface area contributed by atoms with Crippen LogP contribution in [0.5, 0.6) is 0 Å². The van der Waals surface area contributed by atoms with E-state index < -0.39 is 12.1 Å². The number of aromatic nitrogens is 1. The molecule has 0 aliphatic rings. The van der Waals surface area contributed by atoms with Crippen molar-refractivity contribution in [3.63, 3.8) is 0 Å². The molecule has 1 rings (SSSR count). The number of aliphatic hydroxyl groups is 1. The van der Waals surface area contributed by atoms with Crippen molar-refractivity contribution in [1.29, 1.82) is 0 Å². The monoisotopic (exact) mass is 223 g/mol. The summed E-state index contributed by atoms with van der Waals surface area (Å²) in [4.78, 5) is 15.2. The smallest absolute Gasteiger partial charge is 0.339 e. The topological polar surface area (TPSA) is 59.4 Å². The highest BCUT2D eigenvalue weighted by molar-refractivity contribution is 5.88. The van der Waals surface area contributed by atoms with Gasteiger partial charge < -0.3 is 9.84 Å². The summed E-state index contributed by atoms with van der Waals surface area (Å²) in [6.07, 6.45) is 1.50. The average molecular weight is 223 g/mol. The van der Waals surface area contributed by atoms with Crippen LogP contribution in [0.15, 0.2) is 18.3 Å². The molecule has 0 unspecified atom stereocenters. The van der Waals surface area contributed by atoms with E-state index in [9.17, 15) is 9.90 Å². The van der Waals surface area contributed by atoms with E-state index in [2.05, 4.69) is 9.72 Å². The third-order valence-electron chi connectivity index (χ3n) is 2.24. The molecule has 1 aromatic heterocycles. The number of pyridine rings is 1. The first kappa shape index (κ1) is 12.6. The number of aliphatic hydroxyl groups excluding tert-OH is 1. The molecule has 0 aromatic carbocycles. The van der Waals surface area contributed by atoms with Crippen molar-refractivity contribution in [2.45, 2.75) is 26.4 Å². The van der Waals surface area contributed by atoms with Crippen molar-refractivity contribution < 1.29 is 14.6 Å². The van der Waals surface area contributed by atoms with Crippen LogP contribution in [0.2, 0.25) is 0 Å². The molecule has 16 heavy (non-hydrogen) atoms. The van der Waals surface area contributed by atoms with Gasteiger partial charge in [-0.05, 0) is 24.5 Å². The van der Waals surface area contributed by atoms with E-state index in [1.807, 2.05) is 13.8 Å². The average Bonchev–Trinajstić information content (AvgIpc) is 2.27. The summed E-state index contributed by atoms with van der Waals surface area (Å²) in [7, 11) is 1.32. The number of ether oxygens (including phenoxy) is 1. The molecule has 0 aliphatic carbocycles. The zero-order valence-corrected chi connectivity index (χ0v) is 9.80. The SMILES string of the molecule is COC(=O)c1ccc([C@H](O)CC(C)C)nc1. The van der Waals surface area contributed by atoms with Crippen LogP contribution >= 0.6 is 0 Å². The largest absolute Gasteiger partial charge is 0.465 e. The standard InChI is InChI=1S/C12H17NO3/c1-8(2)6-11(14)10-5-4-9(7-13-10)12(15)16-3/h4-5,7-8,11,14H,6H2,1-3H3/t11-/m1/s1. The Bertz CT molecular complexity index is 346. The van der Waals surface area contributed by atoms with Crippen LogP contribution in [-0.2, 0) is 4.74 Å². The molecule has 0 spiro atoms. The lowest BCUT2D eigenvalue weighted by molar-refractivity contribution is 0.0599. The third-order valence-corrected chi connectivity index (χ3v) is 2.24. The van der Waals surface area contributed by atoms with Gasteiger partial charge in [0.05, 0.1) is 24.5 Å². The van der Waals surface area contributed by atoms with Gasteiger partial charge in [0.1, 0.15) is 0 Å². The Labute approximate surface area is 95.3 Å². The number of carbonyl (C=O) groups is 1. The summed E-state index contributed by atoms with van der Waals surface area (Å²) >= 11 is 0. The highest BCUT2D eigenvalue weighted by Gasteiger charge is 2.12. The summed E-state index contributed by atoms with van der Waals surface area (Å²) < 4.78 is 4.56. The molecule has 1 heterocycles. The van der Waals surface area contributed by atoms with Crippen LogP contribution in [0.1, 0.15) is 42.4 Å². The zero-order valence-electron chi connectivity index (χ0n) is 9.80. The predicted octanol–water partition coefficient (Wildman–Crippen LogP) is 1.95. The maximum absolute atomic E-state index is 11.1. The van der Waals surface area contributed by atoms with Gasteiger partial charge in [-0.2, -0.15) is 0 Å². The second-order valence-corrected chi connectivity index (χ2v) is 4.11. The van der Waals surface area contributed by atoms with Gasteiger partial charge in [0.25, 0.3) is 0 Å². The Morgan fingerprint density at radius 1 is 1.50 bits per heavy atom. The molecule has 1 atom stereocenters. The highest BCUT2D eigenvalue weighted by Crippen LogP contribution is 2.19. The van der Waals surface area contributed by atoms with E-state index in [0.717, 1.165) is 0 Å². The lowest BCUT2D eigenvalue weighted by atomic mass is 10.0. The van der Waals surface area contributed by atoms with Crippen molar-refractivity contribution in [3.05, 3.63) is 29.6 Å². The fourth-order valence-corrected chi connectivity index (χ4v) is 1.41. The predicted molar refractivity (Wildman–Crippen MR) is 60.0 cm³/mol. The molecule has 4 nitrogen and oxygen atoms in total. The zero-order chi connectivity index (χ0) is 12.1. The highest BCUT2D eigenvalue weighted by atomic mass is 16.5. The number of carbonyl (C=O) groups excluding carboxylic acids is 1. The third kappa shape index (κ3) is 3.31. The van der Waals surface area contributed by atoms with Gasteiger partial charge in [-0.15, -0.1) is 0 Å². The van der Waals surface area contributed by atoms with E-state index in [1.54, 1.807) is 12.1 Å². The Hall–Kier alpha value is -1.42. The number of methoxy groups -OCH3 is 1. The maximum atomic E-state index is 11.1. The van der Waals surface area contributed by atoms with Crippen LogP contribution in [-0.4, -0.2) is 23.2 Å². The molecule has 88 valence electrons. The molecule has 0 fully saturated rings. The van der Waals surface area contributed by atoms with E-state index in [0.29, 0.717) is 23.6 Å². The van der Waals surface area contributed by atoms with Gasteiger partial charge in [-0.3, -0.25) is 4.98 Å². The number of esters is 1. The van der Waals surface area contributed by atoms with Crippen molar-refractivity contribution in [2.75, 3.05) is 7.11 Å². The summed E-state index contributed by atoms with van der Waals surface area (Å²) in [6.45, 7) is 4.07. The second kappa shape index (κ2) is 5.61. The number of nitrogens with zero attached hydrogens (tertiary/aromatic N) is 1. The molecule has 0 saturated heterocycles. The summed E-state index contributed by atoms with van der Waals surface area (Å²) in [5, 5.41) is 9.80. The van der Waals surface area contributed by atoms with Crippen LogP contribution in [0.25, 0.3) is 0 Å². The van der Waals surface area contributed by atoms with Crippen LogP contribution < -0.4 is 0 Å². The molecule has 4 heteroatoms. The summed E-state index contributed by atoms with van der Waals surface area (Å²) in [5.41, 5.74) is 0.976. The van der Waals surface area contributed by atoms with Gasteiger partial charge in [-0.1, -0.05) is 13.8 Å². The maximum Gasteiger partial charge on any atom is 0.339 e. The lowest BCUT2D eigenvalue weighted by Crippen LogP contribution is -2.06. The van der Waals surface area contributed by atoms with Crippen molar-refractivity contribution in [2.24, 2.45) is 5.92 Å². The van der Waals surface area contributed by atoms with Crippen molar-refractivity contribution in [1.82, 2.24) is 4.98 Å². The first-order valence-corrected chi connectivity index (χ1v) is 5.27. The Morgan fingerprint density at radius 2 is 2.19 bits per heavy atom. The molecule has 0 saturated carbocycles. The fraction of sp³-hybridized carbons (Fsp3) is 0.500. The quantitative estimate of drug-likeness (QED) is 0.792. The van der Waals surface area contributed by atoms with Gasteiger partial charge >= 0.3 is 5.97 Å². The minimum atomic E-state index is -0.577. The fourth-order valence-electron chi connectivity index (χ4n) is 1.41. The van der Waals surface area contributed by atoms with Crippen LogP contribution in [0, 0.1) is 5.92 Å². The first-order valence-electron chi connectivity index (χ1n) is 5.27. The van der Waals surface area contributed by atoms with Gasteiger partial charge in [0.15, 0.2) is 0 Å². The van der Waals surface area contributed by atoms with E-state index in [1.165, 1.54) is 13.3 Å². The van der Waals surface area contributed by atoms with E-state index >= 15 is 0 Å². The Balaban J connectivity index is 2.74. The molecule has 0 amide bonds. The normalized spacial score (nSPS) is 12.6. The Kier molecular flexibility index (Phi) is 4.43. The minimum Gasteiger partial charge on any atom is -0.465 e. The van der Waals surface area contributed by atoms with Crippen LogP contribution in [0.3, 0.4) is 0 Å². The molecular weight excluding hydrogens is 206 g/mol. The number of rotatable bonds is 4. The second-order valence-electron chi connectivity index (χ2n) is 4.11.